The molecule has 0 aliphatic rings. The third-order valence-electron chi connectivity index (χ3n) is 2.10. The van der Waals surface area contributed by atoms with Gasteiger partial charge in [0.2, 0.25) is 0 Å². The van der Waals surface area contributed by atoms with Crippen LogP contribution in [0.25, 0.3) is 0 Å². The van der Waals surface area contributed by atoms with Crippen molar-refractivity contribution >= 4 is 0 Å². The minimum atomic E-state index is -4.62. The maximum absolute atomic E-state index is 12.4. The molecule has 0 saturated carbocycles. The molecule has 0 amide bonds. The Hall–Kier alpha value is -1.31. The van der Waals surface area contributed by atoms with Crippen LogP contribution in [0.15, 0.2) is 18.3 Å². The van der Waals surface area contributed by atoms with Crippen LogP contribution in [0.1, 0.15) is 17.2 Å². The van der Waals surface area contributed by atoms with E-state index in [0.717, 1.165) is 0 Å². The number of nitrogens with two attached hydrogens (primary N) is 1. The highest BCUT2D eigenvalue weighted by atomic mass is 19.4. The van der Waals surface area contributed by atoms with Gasteiger partial charge in [-0.15, -0.1) is 0 Å². The van der Waals surface area contributed by atoms with Gasteiger partial charge in [-0.3, -0.25) is 4.98 Å². The Morgan fingerprint density at radius 2 is 1.71 bits per heavy atom. The van der Waals surface area contributed by atoms with E-state index in [2.05, 4.69) is 4.98 Å². The molecule has 1 aromatic rings. The summed E-state index contributed by atoms with van der Waals surface area (Å²) in [6.07, 6.45) is -8.88. The number of aromatic nitrogens is 1. The minimum absolute atomic E-state index is 0.365. The van der Waals surface area contributed by atoms with Crippen LogP contribution in [0.4, 0.5) is 26.3 Å². The molecule has 0 aromatic carbocycles. The average molecular weight is 258 g/mol. The molecule has 2 N–H and O–H groups in total. The maximum atomic E-state index is 12.4. The summed E-state index contributed by atoms with van der Waals surface area (Å²) in [7, 11) is 0. The quantitative estimate of drug-likeness (QED) is 0.828. The molecule has 0 aliphatic heterocycles. The Labute approximate surface area is 92.4 Å². The van der Waals surface area contributed by atoms with E-state index >= 15 is 0 Å². The SMILES string of the molecule is NCC(c1ccc(C(F)(F)F)cn1)C(F)(F)F. The third-order valence-corrected chi connectivity index (χ3v) is 2.10. The molecule has 1 unspecified atom stereocenters. The summed E-state index contributed by atoms with van der Waals surface area (Å²) in [6, 6.07) is 1.24. The van der Waals surface area contributed by atoms with E-state index in [1.807, 2.05) is 0 Å². The zero-order valence-electron chi connectivity index (χ0n) is 8.31. The van der Waals surface area contributed by atoms with Crippen molar-refractivity contribution in [3.63, 3.8) is 0 Å². The van der Waals surface area contributed by atoms with Crippen LogP contribution in [0.2, 0.25) is 0 Å². The van der Waals surface area contributed by atoms with Crippen molar-refractivity contribution in [2.45, 2.75) is 18.3 Å². The largest absolute Gasteiger partial charge is 0.417 e. The van der Waals surface area contributed by atoms with Crippen LogP contribution < -0.4 is 5.73 Å². The van der Waals surface area contributed by atoms with Crippen LogP contribution in [0, 0.1) is 0 Å². The first-order valence-corrected chi connectivity index (χ1v) is 4.46. The lowest BCUT2D eigenvalue weighted by Crippen LogP contribution is -2.28. The lowest BCUT2D eigenvalue weighted by molar-refractivity contribution is -0.149. The van der Waals surface area contributed by atoms with Gasteiger partial charge in [-0.05, 0) is 12.1 Å². The van der Waals surface area contributed by atoms with Gasteiger partial charge in [-0.25, -0.2) is 0 Å². The van der Waals surface area contributed by atoms with Crippen molar-refractivity contribution in [2.75, 3.05) is 6.54 Å². The molecule has 0 fully saturated rings. The number of hydrogen-bond acceptors (Lipinski definition) is 2. The van der Waals surface area contributed by atoms with Crippen molar-refractivity contribution in [3.05, 3.63) is 29.6 Å². The molecule has 1 aromatic heterocycles. The summed E-state index contributed by atoms with van der Waals surface area (Å²) in [5.74, 6) is -2.05. The zero-order valence-corrected chi connectivity index (χ0v) is 8.31. The van der Waals surface area contributed by atoms with Crippen LogP contribution in [-0.2, 0) is 6.18 Å². The van der Waals surface area contributed by atoms with Crippen LogP contribution in [0.3, 0.4) is 0 Å². The Kier molecular flexibility index (Phi) is 3.65. The topological polar surface area (TPSA) is 38.9 Å². The van der Waals surface area contributed by atoms with Gasteiger partial charge in [-0.2, -0.15) is 26.3 Å². The number of rotatable bonds is 2. The predicted molar refractivity (Wildman–Crippen MR) is 47.1 cm³/mol. The molecule has 2 nitrogen and oxygen atoms in total. The molecule has 1 rings (SSSR count). The second-order valence-corrected chi connectivity index (χ2v) is 3.30. The molecule has 0 aliphatic carbocycles. The van der Waals surface area contributed by atoms with E-state index in [0.29, 0.717) is 18.3 Å². The Balaban J connectivity index is 3.02. The van der Waals surface area contributed by atoms with Gasteiger partial charge < -0.3 is 5.73 Å². The maximum Gasteiger partial charge on any atom is 0.417 e. The molecule has 0 radical (unpaired) electrons. The van der Waals surface area contributed by atoms with E-state index in [1.165, 1.54) is 0 Å². The first-order valence-electron chi connectivity index (χ1n) is 4.46. The highest BCUT2D eigenvalue weighted by Gasteiger charge is 2.41. The van der Waals surface area contributed by atoms with Gasteiger partial charge in [-0.1, -0.05) is 0 Å². The number of hydrogen-bond donors (Lipinski definition) is 1. The van der Waals surface area contributed by atoms with Crippen molar-refractivity contribution < 1.29 is 26.3 Å². The van der Waals surface area contributed by atoms with Gasteiger partial charge in [0.05, 0.1) is 11.3 Å². The smallest absolute Gasteiger partial charge is 0.329 e. The summed E-state index contributed by atoms with van der Waals surface area (Å²) >= 11 is 0. The Morgan fingerprint density at radius 3 is 2.00 bits per heavy atom. The van der Waals surface area contributed by atoms with Crippen LogP contribution >= 0.6 is 0 Å². The highest BCUT2D eigenvalue weighted by molar-refractivity contribution is 5.20. The molecule has 0 saturated heterocycles. The predicted octanol–water partition coefficient (Wildman–Crippen LogP) is 2.71. The number of nitrogens with zero attached hydrogens (tertiary/aromatic N) is 1. The summed E-state index contributed by atoms with van der Waals surface area (Å²) in [5.41, 5.74) is 3.31. The van der Waals surface area contributed by atoms with Crippen molar-refractivity contribution in [2.24, 2.45) is 5.73 Å². The zero-order chi connectivity index (χ0) is 13.3. The minimum Gasteiger partial charge on any atom is -0.329 e. The third kappa shape index (κ3) is 3.32. The Morgan fingerprint density at radius 1 is 1.12 bits per heavy atom. The molecule has 17 heavy (non-hydrogen) atoms. The summed E-state index contributed by atoms with van der Waals surface area (Å²) < 4.78 is 73.6. The second-order valence-electron chi connectivity index (χ2n) is 3.30. The van der Waals surface area contributed by atoms with E-state index in [9.17, 15) is 26.3 Å². The van der Waals surface area contributed by atoms with E-state index in [1.54, 1.807) is 0 Å². The lowest BCUT2D eigenvalue weighted by Gasteiger charge is -2.18. The summed E-state index contributed by atoms with van der Waals surface area (Å²) in [4.78, 5) is 3.16. The Bertz CT molecular complexity index is 367. The van der Waals surface area contributed by atoms with E-state index in [4.69, 9.17) is 5.73 Å². The highest BCUT2D eigenvalue weighted by Crippen LogP contribution is 2.34. The molecule has 1 heterocycles. The fraction of sp³-hybridized carbons (Fsp3) is 0.444. The first-order chi connectivity index (χ1) is 7.66. The van der Waals surface area contributed by atoms with E-state index < -0.39 is 36.1 Å². The second kappa shape index (κ2) is 4.52. The van der Waals surface area contributed by atoms with Crippen LogP contribution in [0.5, 0.6) is 0 Å². The standard InChI is InChI=1S/C9H8F6N2/c10-8(11,12)5-1-2-7(17-4-5)6(3-16)9(13,14)15/h1-2,4,6H,3,16H2. The van der Waals surface area contributed by atoms with Gasteiger partial charge in [0.15, 0.2) is 0 Å². The molecular weight excluding hydrogens is 250 g/mol. The summed E-state index contributed by atoms with van der Waals surface area (Å²) in [5, 5.41) is 0. The fourth-order valence-corrected chi connectivity index (χ4v) is 1.20. The molecule has 96 valence electrons. The van der Waals surface area contributed by atoms with Gasteiger partial charge in [0, 0.05) is 12.7 Å². The molecule has 0 spiro atoms. The first kappa shape index (κ1) is 13.8. The van der Waals surface area contributed by atoms with Gasteiger partial charge in [0.25, 0.3) is 0 Å². The monoisotopic (exact) mass is 258 g/mol. The molecular formula is C9H8F6N2. The fourth-order valence-electron chi connectivity index (χ4n) is 1.20. The summed E-state index contributed by atoms with van der Waals surface area (Å²) in [6.45, 7) is -0.762. The van der Waals surface area contributed by atoms with Crippen LogP contribution in [-0.4, -0.2) is 17.7 Å². The molecule has 8 heteroatoms. The van der Waals surface area contributed by atoms with Gasteiger partial charge in [0.1, 0.15) is 5.92 Å². The number of halogens is 6. The van der Waals surface area contributed by atoms with Gasteiger partial charge >= 0.3 is 12.4 Å². The average Bonchev–Trinajstić information content (AvgIpc) is 2.16. The number of pyridine rings is 1. The lowest BCUT2D eigenvalue weighted by atomic mass is 10.0. The van der Waals surface area contributed by atoms with E-state index in [-0.39, 0.29) is 0 Å². The van der Waals surface area contributed by atoms with Crippen molar-refractivity contribution in [3.8, 4) is 0 Å². The molecule has 1 atom stereocenters. The van der Waals surface area contributed by atoms with Crippen molar-refractivity contribution in [1.82, 2.24) is 4.98 Å². The number of alkyl halides is 6. The normalized spacial score (nSPS) is 14.8. The van der Waals surface area contributed by atoms with Crippen molar-refractivity contribution in [1.29, 1.82) is 0 Å². The molecule has 0 bridgehead atoms.